The Kier molecular flexibility index (Phi) is 3.77. The molecule has 1 aromatic rings. The average molecular weight is 250 g/mol. The lowest BCUT2D eigenvalue weighted by Gasteiger charge is -2.01. The van der Waals surface area contributed by atoms with Gasteiger partial charge in [-0.1, -0.05) is 0 Å². The van der Waals surface area contributed by atoms with Crippen molar-refractivity contribution in [3.63, 3.8) is 0 Å². The predicted molar refractivity (Wildman–Crippen MR) is 54.3 cm³/mol. The maximum absolute atomic E-state index is 11.5. The van der Waals surface area contributed by atoms with Crippen LogP contribution in [0.2, 0.25) is 0 Å². The van der Waals surface area contributed by atoms with Gasteiger partial charge in [0.2, 0.25) is 0 Å². The number of carboxylic acids is 1. The molecule has 84 valence electrons. The highest BCUT2D eigenvalue weighted by Crippen LogP contribution is 2.17. The zero-order chi connectivity index (χ0) is 11.5. The summed E-state index contributed by atoms with van der Waals surface area (Å²) in [6, 6.07) is 0. The molecule has 0 aliphatic rings. The Morgan fingerprint density at radius 3 is 2.80 bits per heavy atom. The second-order valence-electron chi connectivity index (χ2n) is 2.74. The van der Waals surface area contributed by atoms with Gasteiger partial charge in [-0.2, -0.15) is 0 Å². The Morgan fingerprint density at radius 1 is 1.67 bits per heavy atom. The Balaban J connectivity index is 2.64. The van der Waals surface area contributed by atoms with Crippen molar-refractivity contribution in [1.82, 2.24) is 9.71 Å². The molecule has 0 unspecified atom stereocenters. The van der Waals surface area contributed by atoms with Gasteiger partial charge in [0.15, 0.2) is 4.21 Å². The quantitative estimate of drug-likeness (QED) is 0.778. The molecule has 0 spiro atoms. The number of thiazole rings is 1. The van der Waals surface area contributed by atoms with Crippen LogP contribution in [0.15, 0.2) is 10.4 Å². The van der Waals surface area contributed by atoms with Crippen LogP contribution in [-0.4, -0.2) is 31.0 Å². The smallest absolute Gasteiger partial charge is 0.304 e. The molecule has 0 saturated heterocycles. The zero-order valence-corrected chi connectivity index (χ0v) is 9.56. The fourth-order valence-electron chi connectivity index (χ4n) is 0.830. The minimum Gasteiger partial charge on any atom is -0.481 e. The van der Waals surface area contributed by atoms with Crippen LogP contribution in [0.1, 0.15) is 11.4 Å². The van der Waals surface area contributed by atoms with Crippen molar-refractivity contribution in [1.29, 1.82) is 0 Å². The van der Waals surface area contributed by atoms with Crippen LogP contribution in [0.5, 0.6) is 0 Å². The van der Waals surface area contributed by atoms with Crippen LogP contribution in [0, 0.1) is 6.92 Å². The Bertz CT molecular complexity index is 451. The summed E-state index contributed by atoms with van der Waals surface area (Å²) >= 11 is 1.04. The molecule has 1 rings (SSSR count). The monoisotopic (exact) mass is 250 g/mol. The van der Waals surface area contributed by atoms with Crippen LogP contribution >= 0.6 is 11.3 Å². The van der Waals surface area contributed by atoms with Gasteiger partial charge >= 0.3 is 5.97 Å². The lowest BCUT2D eigenvalue weighted by Crippen LogP contribution is -2.25. The average Bonchev–Trinajstić information content (AvgIpc) is 2.51. The van der Waals surface area contributed by atoms with Gasteiger partial charge in [0.05, 0.1) is 17.6 Å². The van der Waals surface area contributed by atoms with Crippen molar-refractivity contribution in [2.75, 3.05) is 6.54 Å². The molecule has 0 amide bonds. The van der Waals surface area contributed by atoms with Crippen molar-refractivity contribution in [3.8, 4) is 0 Å². The second kappa shape index (κ2) is 4.69. The first-order valence-corrected chi connectivity index (χ1v) is 6.35. The van der Waals surface area contributed by atoms with Gasteiger partial charge in [-0.15, -0.1) is 11.3 Å². The molecule has 0 radical (unpaired) electrons. The summed E-state index contributed by atoms with van der Waals surface area (Å²) in [5, 5.41) is 8.99. The van der Waals surface area contributed by atoms with E-state index in [1.807, 2.05) is 0 Å². The van der Waals surface area contributed by atoms with Crippen LogP contribution in [0.4, 0.5) is 0 Å². The van der Waals surface area contributed by atoms with E-state index >= 15 is 0 Å². The van der Waals surface area contributed by atoms with Gasteiger partial charge < -0.3 is 5.11 Å². The molecule has 0 saturated carbocycles. The summed E-state index contributed by atoms with van der Waals surface area (Å²) in [4.78, 5) is 14.0. The molecule has 1 aromatic heterocycles. The number of carbonyl (C=O) groups is 1. The molecular weight excluding hydrogens is 240 g/mol. The number of hydrogen-bond donors (Lipinski definition) is 2. The molecule has 0 fully saturated rings. The van der Waals surface area contributed by atoms with Crippen LogP contribution in [-0.2, 0) is 14.8 Å². The van der Waals surface area contributed by atoms with Crippen LogP contribution in [0.3, 0.4) is 0 Å². The van der Waals surface area contributed by atoms with E-state index in [0.717, 1.165) is 11.3 Å². The summed E-state index contributed by atoms with van der Waals surface area (Å²) < 4.78 is 25.3. The number of rotatable bonds is 5. The van der Waals surface area contributed by atoms with E-state index in [2.05, 4.69) is 9.71 Å². The number of nitrogens with one attached hydrogen (secondary N) is 1. The van der Waals surface area contributed by atoms with E-state index in [1.165, 1.54) is 6.20 Å². The number of aryl methyl sites for hydroxylation is 1. The molecule has 8 heteroatoms. The largest absolute Gasteiger partial charge is 0.481 e. The molecule has 2 N–H and O–H groups in total. The number of nitrogens with zero attached hydrogens (tertiary/aromatic N) is 1. The summed E-state index contributed by atoms with van der Waals surface area (Å²) in [5.41, 5.74) is 0. The van der Waals surface area contributed by atoms with Crippen molar-refractivity contribution < 1.29 is 18.3 Å². The van der Waals surface area contributed by atoms with Crippen LogP contribution < -0.4 is 4.72 Å². The predicted octanol–water partition coefficient (Wildman–Crippen LogP) is 0.205. The highest BCUT2D eigenvalue weighted by molar-refractivity contribution is 7.91. The number of aliphatic carboxylic acids is 1. The van der Waals surface area contributed by atoms with Gasteiger partial charge in [0, 0.05) is 6.54 Å². The van der Waals surface area contributed by atoms with Gasteiger partial charge in [-0.05, 0) is 6.92 Å². The molecular formula is C7H10N2O4S2. The van der Waals surface area contributed by atoms with Crippen molar-refractivity contribution in [2.45, 2.75) is 17.6 Å². The van der Waals surface area contributed by atoms with Crippen molar-refractivity contribution >= 4 is 27.3 Å². The number of hydrogen-bond acceptors (Lipinski definition) is 5. The SMILES string of the molecule is Cc1ncc(S(=O)(=O)NCCC(=O)O)s1. The Morgan fingerprint density at radius 2 is 2.33 bits per heavy atom. The third-order valence-electron chi connectivity index (χ3n) is 1.50. The summed E-state index contributed by atoms with van der Waals surface area (Å²) in [6.07, 6.45) is 1.01. The van der Waals surface area contributed by atoms with Gasteiger partial charge in [0.25, 0.3) is 10.0 Å². The standard InChI is InChI=1S/C7H10N2O4S2/c1-5-8-4-7(14-5)15(12,13)9-3-2-6(10)11/h4,9H,2-3H2,1H3,(H,10,11). The molecule has 1 heterocycles. The molecule has 0 aliphatic carbocycles. The molecule has 0 atom stereocenters. The van der Waals surface area contributed by atoms with Crippen molar-refractivity contribution in [3.05, 3.63) is 11.2 Å². The summed E-state index contributed by atoms with van der Waals surface area (Å²) in [7, 11) is -3.59. The molecule has 15 heavy (non-hydrogen) atoms. The molecule has 6 nitrogen and oxygen atoms in total. The normalized spacial score (nSPS) is 11.5. The molecule has 0 bridgehead atoms. The lowest BCUT2D eigenvalue weighted by molar-refractivity contribution is -0.136. The minimum atomic E-state index is -3.59. The van der Waals surface area contributed by atoms with E-state index in [0.29, 0.717) is 5.01 Å². The zero-order valence-electron chi connectivity index (χ0n) is 7.93. The summed E-state index contributed by atoms with van der Waals surface area (Å²) in [6.45, 7) is 1.58. The van der Waals surface area contributed by atoms with Gasteiger partial charge in [0.1, 0.15) is 0 Å². The van der Waals surface area contributed by atoms with E-state index < -0.39 is 16.0 Å². The van der Waals surface area contributed by atoms with E-state index in [-0.39, 0.29) is 17.2 Å². The third kappa shape index (κ3) is 3.57. The lowest BCUT2D eigenvalue weighted by atomic mass is 10.5. The highest BCUT2D eigenvalue weighted by Gasteiger charge is 2.16. The van der Waals surface area contributed by atoms with Gasteiger partial charge in [-0.3, -0.25) is 4.79 Å². The van der Waals surface area contributed by atoms with Gasteiger partial charge in [-0.25, -0.2) is 18.1 Å². The number of carboxylic acid groups (broad SMARTS) is 1. The van der Waals surface area contributed by atoms with E-state index in [9.17, 15) is 13.2 Å². The maximum Gasteiger partial charge on any atom is 0.304 e. The van der Waals surface area contributed by atoms with E-state index in [1.54, 1.807) is 6.92 Å². The fourth-order valence-corrected chi connectivity index (χ4v) is 3.01. The maximum atomic E-state index is 11.5. The first-order chi connectivity index (χ1) is 6.92. The first-order valence-electron chi connectivity index (χ1n) is 4.06. The topological polar surface area (TPSA) is 96.4 Å². The Labute approximate surface area is 91.0 Å². The first kappa shape index (κ1) is 12.1. The Hall–Kier alpha value is -0.990. The third-order valence-corrected chi connectivity index (χ3v) is 4.33. The van der Waals surface area contributed by atoms with Crippen molar-refractivity contribution in [2.24, 2.45) is 0 Å². The molecule has 0 aliphatic heterocycles. The second-order valence-corrected chi connectivity index (χ2v) is 5.97. The fraction of sp³-hybridized carbons (Fsp3) is 0.429. The highest BCUT2D eigenvalue weighted by atomic mass is 32.2. The van der Waals surface area contributed by atoms with E-state index in [4.69, 9.17) is 5.11 Å². The number of aromatic nitrogens is 1. The van der Waals surface area contributed by atoms with Crippen LogP contribution in [0.25, 0.3) is 0 Å². The minimum absolute atomic E-state index is 0.102. The molecule has 0 aromatic carbocycles. The number of sulfonamides is 1. The summed E-state index contributed by atoms with van der Waals surface area (Å²) in [5.74, 6) is -1.04.